The van der Waals surface area contributed by atoms with Crippen molar-refractivity contribution in [1.82, 2.24) is 10.3 Å². The van der Waals surface area contributed by atoms with Gasteiger partial charge in [0.25, 0.3) is 5.91 Å². The number of nitrogen functional groups attached to an aromatic ring is 1. The van der Waals surface area contributed by atoms with Crippen LogP contribution in [0.15, 0.2) is 18.3 Å². The van der Waals surface area contributed by atoms with Crippen LogP contribution in [0.4, 0.5) is 5.69 Å². The highest BCUT2D eigenvalue weighted by atomic mass is 16.1. The highest BCUT2D eigenvalue weighted by molar-refractivity contribution is 5.93. The molecule has 1 saturated carbocycles. The lowest BCUT2D eigenvalue weighted by molar-refractivity contribution is 0.0928. The van der Waals surface area contributed by atoms with Gasteiger partial charge in [-0.25, -0.2) is 0 Å². The van der Waals surface area contributed by atoms with Gasteiger partial charge in [-0.1, -0.05) is 19.8 Å². The van der Waals surface area contributed by atoms with Crippen molar-refractivity contribution < 1.29 is 4.79 Å². The topological polar surface area (TPSA) is 80.0 Å². The van der Waals surface area contributed by atoms with Gasteiger partial charge in [0, 0.05) is 12.2 Å². The van der Waals surface area contributed by atoms with Gasteiger partial charge in [-0.3, -0.25) is 15.6 Å². The van der Waals surface area contributed by atoms with E-state index in [-0.39, 0.29) is 11.9 Å². The molecule has 0 aliphatic heterocycles. The second-order valence-corrected chi connectivity index (χ2v) is 5.36. The van der Waals surface area contributed by atoms with Crippen LogP contribution in [0.3, 0.4) is 0 Å². The first-order valence-electron chi connectivity index (χ1n) is 6.92. The lowest BCUT2D eigenvalue weighted by Gasteiger charge is -2.16. The fourth-order valence-corrected chi connectivity index (χ4v) is 2.54. The Balaban J connectivity index is 1.96. The maximum Gasteiger partial charge on any atom is 0.270 e. The predicted molar refractivity (Wildman–Crippen MR) is 75.6 cm³/mol. The fourth-order valence-electron chi connectivity index (χ4n) is 2.54. The molecule has 4 N–H and O–H groups in total. The predicted octanol–water partition coefficient (Wildman–Crippen LogP) is 2.07. The highest BCUT2D eigenvalue weighted by Crippen LogP contribution is 2.22. The summed E-state index contributed by atoms with van der Waals surface area (Å²) in [6.07, 6.45) is 7.33. The lowest BCUT2D eigenvalue weighted by Crippen LogP contribution is -2.35. The number of carbonyl (C=O) groups is 1. The smallest absolute Gasteiger partial charge is 0.270 e. The molecule has 1 aliphatic rings. The van der Waals surface area contributed by atoms with E-state index in [4.69, 9.17) is 5.84 Å². The summed E-state index contributed by atoms with van der Waals surface area (Å²) in [5.74, 6) is 5.98. The quantitative estimate of drug-likeness (QED) is 0.442. The molecule has 1 amide bonds. The molecule has 1 aromatic heterocycles. The summed E-state index contributed by atoms with van der Waals surface area (Å²) >= 11 is 0. The Hall–Kier alpha value is -1.62. The van der Waals surface area contributed by atoms with Gasteiger partial charge in [0.1, 0.15) is 5.69 Å². The maximum atomic E-state index is 12.1. The van der Waals surface area contributed by atoms with E-state index in [9.17, 15) is 4.79 Å². The van der Waals surface area contributed by atoms with Crippen LogP contribution >= 0.6 is 0 Å². The Labute approximate surface area is 114 Å². The normalized spacial score (nSPS) is 23.5. The van der Waals surface area contributed by atoms with Gasteiger partial charge < -0.3 is 10.7 Å². The van der Waals surface area contributed by atoms with E-state index in [0.29, 0.717) is 11.4 Å². The molecule has 0 bridgehead atoms. The third-order valence-electron chi connectivity index (χ3n) is 3.75. The number of rotatable bonds is 3. The molecule has 2 atom stereocenters. The van der Waals surface area contributed by atoms with Crippen LogP contribution in [-0.2, 0) is 0 Å². The minimum absolute atomic E-state index is 0.114. The number of hydrazine groups is 1. The average Bonchev–Trinajstić information content (AvgIpc) is 2.64. The molecule has 1 heterocycles. The minimum Gasteiger partial charge on any atom is -0.348 e. The Morgan fingerprint density at radius 1 is 1.37 bits per heavy atom. The van der Waals surface area contributed by atoms with Gasteiger partial charge in [-0.15, -0.1) is 0 Å². The third-order valence-corrected chi connectivity index (χ3v) is 3.75. The maximum absolute atomic E-state index is 12.1. The summed E-state index contributed by atoms with van der Waals surface area (Å²) < 4.78 is 0. The summed E-state index contributed by atoms with van der Waals surface area (Å²) in [6, 6.07) is 3.66. The van der Waals surface area contributed by atoms with E-state index in [2.05, 4.69) is 22.7 Å². The standard InChI is InChI=1S/C14H22N4O/c1-10-3-2-4-11(6-5-10)17-14(19)13-9-12(18-15)7-8-16-13/h7-11H,2-6,15H2,1H3,(H,16,18)(H,17,19). The second kappa shape index (κ2) is 6.52. The molecule has 0 spiro atoms. The molecule has 1 aromatic rings. The van der Waals surface area contributed by atoms with E-state index < -0.39 is 0 Å². The number of nitrogens with two attached hydrogens (primary N) is 1. The molecular formula is C14H22N4O. The van der Waals surface area contributed by atoms with Crippen LogP contribution in [-0.4, -0.2) is 16.9 Å². The summed E-state index contributed by atoms with van der Waals surface area (Å²) in [5.41, 5.74) is 3.62. The Morgan fingerprint density at radius 3 is 3.00 bits per heavy atom. The zero-order chi connectivity index (χ0) is 13.7. The summed E-state index contributed by atoms with van der Waals surface area (Å²) in [6.45, 7) is 2.28. The highest BCUT2D eigenvalue weighted by Gasteiger charge is 2.19. The Morgan fingerprint density at radius 2 is 2.21 bits per heavy atom. The van der Waals surface area contributed by atoms with Gasteiger partial charge in [-0.2, -0.15) is 0 Å². The number of anilines is 1. The fraction of sp³-hybridized carbons (Fsp3) is 0.571. The van der Waals surface area contributed by atoms with Gasteiger partial charge in [-0.05, 0) is 37.3 Å². The first kappa shape index (κ1) is 13.8. The molecule has 1 aliphatic carbocycles. The number of pyridine rings is 1. The zero-order valence-corrected chi connectivity index (χ0v) is 11.4. The second-order valence-electron chi connectivity index (χ2n) is 5.36. The average molecular weight is 262 g/mol. The molecular weight excluding hydrogens is 240 g/mol. The summed E-state index contributed by atoms with van der Waals surface area (Å²) in [7, 11) is 0. The van der Waals surface area contributed by atoms with E-state index in [1.807, 2.05) is 0 Å². The van der Waals surface area contributed by atoms with Crippen molar-refractivity contribution in [2.24, 2.45) is 11.8 Å². The van der Waals surface area contributed by atoms with Crippen LogP contribution in [0.25, 0.3) is 0 Å². The Kier molecular flexibility index (Phi) is 4.74. The largest absolute Gasteiger partial charge is 0.348 e. The number of hydrogen-bond donors (Lipinski definition) is 3. The third kappa shape index (κ3) is 3.92. The van der Waals surface area contributed by atoms with Crippen LogP contribution in [0.5, 0.6) is 0 Å². The summed E-state index contributed by atoms with van der Waals surface area (Å²) in [5, 5.41) is 3.08. The molecule has 0 radical (unpaired) electrons. The molecule has 19 heavy (non-hydrogen) atoms. The van der Waals surface area contributed by atoms with Crippen molar-refractivity contribution in [1.29, 1.82) is 0 Å². The van der Waals surface area contributed by atoms with Crippen molar-refractivity contribution in [3.05, 3.63) is 24.0 Å². The van der Waals surface area contributed by atoms with Crippen molar-refractivity contribution in [3.63, 3.8) is 0 Å². The zero-order valence-electron chi connectivity index (χ0n) is 11.4. The minimum atomic E-state index is -0.114. The number of hydrogen-bond acceptors (Lipinski definition) is 4. The van der Waals surface area contributed by atoms with E-state index in [1.165, 1.54) is 19.3 Å². The van der Waals surface area contributed by atoms with Crippen LogP contribution in [0, 0.1) is 5.92 Å². The van der Waals surface area contributed by atoms with E-state index in [0.717, 1.165) is 18.8 Å². The molecule has 1 fully saturated rings. The lowest BCUT2D eigenvalue weighted by atomic mass is 10.0. The SMILES string of the molecule is CC1CCCC(NC(=O)c2cc(NN)ccn2)CC1. The molecule has 2 rings (SSSR count). The van der Waals surface area contributed by atoms with E-state index >= 15 is 0 Å². The summed E-state index contributed by atoms with van der Waals surface area (Å²) in [4.78, 5) is 16.2. The van der Waals surface area contributed by atoms with Crippen LogP contribution in [0.1, 0.15) is 49.5 Å². The van der Waals surface area contributed by atoms with Gasteiger partial charge in [0.05, 0.1) is 5.69 Å². The van der Waals surface area contributed by atoms with Crippen molar-refractivity contribution in [3.8, 4) is 0 Å². The number of amides is 1. The molecule has 5 heteroatoms. The van der Waals surface area contributed by atoms with Crippen molar-refractivity contribution >= 4 is 11.6 Å². The molecule has 0 aromatic carbocycles. The van der Waals surface area contributed by atoms with E-state index in [1.54, 1.807) is 18.3 Å². The Bertz CT molecular complexity index is 435. The number of nitrogens with zero attached hydrogens (tertiary/aromatic N) is 1. The van der Waals surface area contributed by atoms with Gasteiger partial charge >= 0.3 is 0 Å². The number of nitrogens with one attached hydrogen (secondary N) is 2. The monoisotopic (exact) mass is 262 g/mol. The van der Waals surface area contributed by atoms with Crippen LogP contribution < -0.4 is 16.6 Å². The van der Waals surface area contributed by atoms with Crippen LogP contribution in [0.2, 0.25) is 0 Å². The molecule has 104 valence electrons. The molecule has 0 saturated heterocycles. The molecule has 2 unspecified atom stereocenters. The number of aromatic nitrogens is 1. The van der Waals surface area contributed by atoms with Gasteiger partial charge in [0.15, 0.2) is 0 Å². The van der Waals surface area contributed by atoms with Crippen molar-refractivity contribution in [2.45, 2.75) is 45.1 Å². The number of carbonyl (C=O) groups excluding carboxylic acids is 1. The molecule has 5 nitrogen and oxygen atoms in total. The first-order valence-corrected chi connectivity index (χ1v) is 6.92. The first-order chi connectivity index (χ1) is 9.19. The van der Waals surface area contributed by atoms with Crippen molar-refractivity contribution in [2.75, 3.05) is 5.43 Å². The van der Waals surface area contributed by atoms with Gasteiger partial charge in [0.2, 0.25) is 0 Å².